The highest BCUT2D eigenvalue weighted by Gasteiger charge is 2.38. The van der Waals surface area contributed by atoms with Gasteiger partial charge in [0.15, 0.2) is 6.10 Å². The van der Waals surface area contributed by atoms with Crippen molar-refractivity contribution in [2.24, 2.45) is 11.1 Å². The Hall–Kier alpha value is -2.82. The molecule has 1 heterocycles. The number of esters is 1. The first-order valence-corrected chi connectivity index (χ1v) is 8.78. The molecular weight excluding hydrogens is 330 g/mol. The number of aromatic hydroxyl groups is 1. The van der Waals surface area contributed by atoms with Gasteiger partial charge in [-0.2, -0.15) is 0 Å². The van der Waals surface area contributed by atoms with Crippen LogP contribution in [0.5, 0.6) is 5.75 Å². The summed E-state index contributed by atoms with van der Waals surface area (Å²) in [6.45, 7) is 4.39. The molecule has 2 unspecified atom stereocenters. The Labute approximate surface area is 153 Å². The number of rotatable bonds is 6. The third-order valence-electron chi connectivity index (χ3n) is 4.22. The van der Waals surface area contributed by atoms with E-state index in [-0.39, 0.29) is 30.0 Å². The summed E-state index contributed by atoms with van der Waals surface area (Å²) in [7, 11) is 0. The lowest BCUT2D eigenvalue weighted by molar-refractivity contribution is -0.147. The summed E-state index contributed by atoms with van der Waals surface area (Å²) in [5.74, 6) is 0.0228. The van der Waals surface area contributed by atoms with Gasteiger partial charge >= 0.3 is 5.97 Å². The minimum Gasteiger partial charge on any atom is -0.508 e. The molecule has 1 N–H and O–H groups in total. The Morgan fingerprint density at radius 1 is 1.15 bits per heavy atom. The van der Waals surface area contributed by atoms with Crippen LogP contribution in [0.4, 0.5) is 0 Å². The second-order valence-electron chi connectivity index (χ2n) is 6.84. The Morgan fingerprint density at radius 3 is 2.50 bits per heavy atom. The van der Waals surface area contributed by atoms with Crippen LogP contribution >= 0.6 is 0 Å². The van der Waals surface area contributed by atoms with E-state index < -0.39 is 6.10 Å². The van der Waals surface area contributed by atoms with Crippen molar-refractivity contribution in [1.82, 2.24) is 0 Å². The molecule has 1 aliphatic rings. The van der Waals surface area contributed by atoms with Gasteiger partial charge in [0, 0.05) is 5.56 Å². The lowest BCUT2D eigenvalue weighted by Crippen LogP contribution is -2.26. The first-order valence-electron chi connectivity index (χ1n) is 8.78. The molecule has 2 atom stereocenters. The summed E-state index contributed by atoms with van der Waals surface area (Å²) < 4.78 is 5.30. The predicted molar refractivity (Wildman–Crippen MR) is 99.1 cm³/mol. The summed E-state index contributed by atoms with van der Waals surface area (Å²) in [5.41, 5.74) is 2.63. The van der Waals surface area contributed by atoms with Gasteiger partial charge in [-0.15, -0.1) is 0 Å². The van der Waals surface area contributed by atoms with Gasteiger partial charge in [-0.1, -0.05) is 49.3 Å². The molecule has 1 aliphatic heterocycles. The predicted octanol–water partition coefficient (Wildman–Crippen LogP) is 3.87. The Morgan fingerprint density at radius 2 is 1.85 bits per heavy atom. The van der Waals surface area contributed by atoms with E-state index in [1.807, 2.05) is 44.2 Å². The summed E-state index contributed by atoms with van der Waals surface area (Å²) in [6.07, 6.45) is -0.280. The number of hydrogen-bond donors (Lipinski definition) is 1. The molecule has 0 bridgehead atoms. The minimum atomic E-state index is -0.416. The molecule has 0 spiro atoms. The van der Waals surface area contributed by atoms with E-state index in [9.17, 15) is 9.90 Å². The van der Waals surface area contributed by atoms with Gasteiger partial charge in [-0.05, 0) is 35.7 Å². The fraction of sp³-hybridized carbons (Fsp3) is 0.333. The average molecular weight is 353 g/mol. The van der Waals surface area contributed by atoms with Gasteiger partial charge in [0.1, 0.15) is 5.75 Å². The third kappa shape index (κ3) is 4.23. The van der Waals surface area contributed by atoms with E-state index in [0.717, 1.165) is 16.8 Å². The van der Waals surface area contributed by atoms with Crippen LogP contribution in [0.1, 0.15) is 37.3 Å². The second-order valence-corrected chi connectivity index (χ2v) is 6.84. The lowest BCUT2D eigenvalue weighted by atomic mass is 9.85. The van der Waals surface area contributed by atoms with Crippen molar-refractivity contribution in [3.63, 3.8) is 0 Å². The van der Waals surface area contributed by atoms with Crippen LogP contribution in [-0.2, 0) is 14.4 Å². The molecule has 0 aliphatic carbocycles. The highest BCUT2D eigenvalue weighted by atomic mass is 16.6. The molecule has 0 amide bonds. The molecule has 0 radical (unpaired) electrons. The maximum Gasteiger partial charge on any atom is 0.309 e. The highest BCUT2D eigenvalue weighted by Crippen LogP contribution is 2.34. The number of carbonyl (C=O) groups excluding carboxylic acids is 1. The van der Waals surface area contributed by atoms with E-state index in [2.05, 4.69) is 5.16 Å². The smallest absolute Gasteiger partial charge is 0.309 e. The van der Waals surface area contributed by atoms with Crippen molar-refractivity contribution in [1.29, 1.82) is 0 Å². The number of ether oxygens (including phenoxy) is 1. The largest absolute Gasteiger partial charge is 0.508 e. The molecule has 2 aromatic rings. The Kier molecular flexibility index (Phi) is 5.56. The van der Waals surface area contributed by atoms with Crippen LogP contribution < -0.4 is 0 Å². The zero-order chi connectivity index (χ0) is 18.5. The number of carbonyl (C=O) groups is 1. The number of phenolic OH excluding ortho intramolecular Hbond substituents is 1. The fourth-order valence-corrected chi connectivity index (χ4v) is 2.95. The molecule has 5 nitrogen and oxygen atoms in total. The second kappa shape index (κ2) is 8.04. The van der Waals surface area contributed by atoms with Gasteiger partial charge in [-0.3, -0.25) is 4.79 Å². The van der Waals surface area contributed by atoms with Gasteiger partial charge in [0.05, 0.1) is 24.7 Å². The molecule has 2 aromatic carbocycles. The average Bonchev–Trinajstić information content (AvgIpc) is 3.05. The standard InChI is InChI=1S/C21H23NO4/c1-14(2)13-25-19(24)12-18-20(15-6-4-3-5-7-15)21(22-26-18)16-8-10-17(23)11-9-16/h3-11,14,18,20,23H,12-13H2,1-2H3. The third-order valence-corrected chi connectivity index (χ3v) is 4.22. The van der Waals surface area contributed by atoms with Gasteiger partial charge < -0.3 is 14.7 Å². The van der Waals surface area contributed by atoms with Gasteiger partial charge in [-0.25, -0.2) is 0 Å². The quantitative estimate of drug-likeness (QED) is 0.801. The van der Waals surface area contributed by atoms with Crippen molar-refractivity contribution in [3.8, 4) is 5.75 Å². The number of hydrogen-bond acceptors (Lipinski definition) is 5. The molecule has 3 rings (SSSR count). The Bertz CT molecular complexity index is 768. The van der Waals surface area contributed by atoms with Crippen molar-refractivity contribution >= 4 is 11.7 Å². The number of oxime groups is 1. The highest BCUT2D eigenvalue weighted by molar-refractivity contribution is 6.06. The maximum atomic E-state index is 12.2. The summed E-state index contributed by atoms with van der Waals surface area (Å²) in [6, 6.07) is 16.7. The minimum absolute atomic E-state index is 0.136. The van der Waals surface area contributed by atoms with Crippen LogP contribution in [-0.4, -0.2) is 29.5 Å². The molecule has 0 fully saturated rings. The number of phenols is 1. The van der Waals surface area contributed by atoms with Crippen LogP contribution in [0.25, 0.3) is 0 Å². The first-order chi connectivity index (χ1) is 12.5. The summed E-state index contributed by atoms with van der Waals surface area (Å²) in [5, 5.41) is 13.8. The first kappa shape index (κ1) is 18.0. The maximum absolute atomic E-state index is 12.2. The Balaban J connectivity index is 1.82. The van der Waals surface area contributed by atoms with Crippen LogP contribution in [0.3, 0.4) is 0 Å². The number of nitrogens with zero attached hydrogens (tertiary/aromatic N) is 1. The molecule has 0 aromatic heterocycles. The van der Waals surface area contributed by atoms with Crippen molar-refractivity contribution in [2.75, 3.05) is 6.61 Å². The molecular formula is C21H23NO4. The van der Waals surface area contributed by atoms with Crippen LogP contribution in [0.15, 0.2) is 59.8 Å². The van der Waals surface area contributed by atoms with E-state index in [0.29, 0.717) is 6.61 Å². The monoisotopic (exact) mass is 353 g/mol. The van der Waals surface area contributed by atoms with E-state index >= 15 is 0 Å². The molecule has 0 saturated carbocycles. The van der Waals surface area contributed by atoms with Crippen LogP contribution in [0.2, 0.25) is 0 Å². The SMILES string of the molecule is CC(C)COC(=O)CC1ON=C(c2ccc(O)cc2)C1c1ccccc1. The molecule has 5 heteroatoms. The molecule has 136 valence electrons. The number of benzene rings is 2. The van der Waals surface area contributed by atoms with Crippen LogP contribution in [0, 0.1) is 5.92 Å². The van der Waals surface area contributed by atoms with Gasteiger partial charge in [0.25, 0.3) is 0 Å². The van der Waals surface area contributed by atoms with E-state index in [4.69, 9.17) is 9.57 Å². The summed E-state index contributed by atoms with van der Waals surface area (Å²) in [4.78, 5) is 17.8. The lowest BCUT2D eigenvalue weighted by Gasteiger charge is -2.19. The van der Waals surface area contributed by atoms with E-state index in [1.165, 1.54) is 0 Å². The van der Waals surface area contributed by atoms with Crippen molar-refractivity contribution < 1.29 is 19.5 Å². The van der Waals surface area contributed by atoms with Gasteiger partial charge in [0.2, 0.25) is 0 Å². The zero-order valence-electron chi connectivity index (χ0n) is 15.0. The molecule has 0 saturated heterocycles. The van der Waals surface area contributed by atoms with Crippen molar-refractivity contribution in [2.45, 2.75) is 32.3 Å². The van der Waals surface area contributed by atoms with E-state index in [1.54, 1.807) is 24.3 Å². The normalized spacial score (nSPS) is 19.1. The fourth-order valence-electron chi connectivity index (χ4n) is 2.95. The zero-order valence-corrected chi connectivity index (χ0v) is 15.0. The summed E-state index contributed by atoms with van der Waals surface area (Å²) >= 11 is 0. The van der Waals surface area contributed by atoms with Crippen molar-refractivity contribution in [3.05, 3.63) is 65.7 Å². The molecule has 26 heavy (non-hydrogen) atoms. The topological polar surface area (TPSA) is 68.1 Å².